The van der Waals surface area contributed by atoms with Gasteiger partial charge in [0.2, 0.25) is 0 Å². The molecule has 29 heavy (non-hydrogen) atoms. The number of carbonyl (C=O) groups is 1. The van der Waals surface area contributed by atoms with Crippen molar-refractivity contribution in [2.24, 2.45) is 16.5 Å². The van der Waals surface area contributed by atoms with Crippen LogP contribution < -0.4 is 11.5 Å². The number of nitrogens with zero attached hydrogens (tertiary/aromatic N) is 2. The molecule has 2 aromatic rings. The van der Waals surface area contributed by atoms with Crippen LogP contribution >= 0.6 is 0 Å². The summed E-state index contributed by atoms with van der Waals surface area (Å²) in [6, 6.07) is 4.32. The van der Waals surface area contributed by atoms with Gasteiger partial charge in [-0.25, -0.2) is 26.9 Å². The van der Waals surface area contributed by atoms with E-state index in [4.69, 9.17) is 11.5 Å². The zero-order chi connectivity index (χ0) is 21.4. The summed E-state index contributed by atoms with van der Waals surface area (Å²) >= 11 is 0. The van der Waals surface area contributed by atoms with Crippen LogP contribution in [0.1, 0.15) is 28.9 Å². The van der Waals surface area contributed by atoms with Gasteiger partial charge in [-0.15, -0.1) is 0 Å². The van der Waals surface area contributed by atoms with Gasteiger partial charge in [-0.05, 0) is 36.6 Å². The van der Waals surface area contributed by atoms with E-state index in [-0.39, 0.29) is 28.8 Å². The van der Waals surface area contributed by atoms with Crippen molar-refractivity contribution in [2.45, 2.75) is 24.0 Å². The molecule has 0 bridgehead atoms. The molecule has 0 aliphatic carbocycles. The number of hydrogen-bond acceptors (Lipinski definition) is 4. The second-order valence-corrected chi connectivity index (χ2v) is 6.87. The lowest BCUT2D eigenvalue weighted by molar-refractivity contribution is 0.0996. The molecule has 1 aromatic heterocycles. The summed E-state index contributed by atoms with van der Waals surface area (Å²) < 4.78 is 69.7. The molecule has 154 valence electrons. The highest BCUT2D eigenvalue weighted by Gasteiger charge is 2.47. The molecule has 5 nitrogen and oxygen atoms in total. The zero-order valence-corrected chi connectivity index (χ0v) is 15.1. The minimum absolute atomic E-state index is 0.0379. The summed E-state index contributed by atoms with van der Waals surface area (Å²) in [5.41, 5.74) is 5.86. The lowest BCUT2D eigenvalue weighted by atomic mass is 9.79. The van der Waals surface area contributed by atoms with Gasteiger partial charge < -0.3 is 11.5 Å². The molecule has 10 heteroatoms. The van der Waals surface area contributed by atoms with Gasteiger partial charge in [0.1, 0.15) is 42.1 Å². The molecule has 1 amide bonds. The molecule has 2 atom stereocenters. The van der Waals surface area contributed by atoms with Crippen LogP contribution in [0.4, 0.5) is 22.0 Å². The van der Waals surface area contributed by atoms with Crippen molar-refractivity contribution in [2.75, 3.05) is 13.3 Å². The van der Waals surface area contributed by atoms with Crippen molar-refractivity contribution in [3.63, 3.8) is 0 Å². The fraction of sp³-hybridized carbons (Fsp3) is 0.316. The number of alkyl halides is 3. The molecule has 1 aliphatic rings. The first kappa shape index (κ1) is 20.7. The summed E-state index contributed by atoms with van der Waals surface area (Å²) in [4.78, 5) is 19.0. The molecule has 0 radical (unpaired) electrons. The van der Waals surface area contributed by atoms with Gasteiger partial charge in [0.05, 0.1) is 6.20 Å². The predicted molar refractivity (Wildman–Crippen MR) is 96.4 cm³/mol. The van der Waals surface area contributed by atoms with E-state index in [1.807, 2.05) is 0 Å². The quantitative estimate of drug-likeness (QED) is 0.739. The maximum absolute atomic E-state index is 14.6. The van der Waals surface area contributed by atoms with Crippen molar-refractivity contribution in [1.29, 1.82) is 0 Å². The lowest BCUT2D eigenvalue weighted by Crippen LogP contribution is -2.49. The van der Waals surface area contributed by atoms with Crippen molar-refractivity contribution >= 4 is 11.7 Å². The highest BCUT2D eigenvalue weighted by molar-refractivity contribution is 5.98. The van der Waals surface area contributed by atoms with Crippen LogP contribution in [0.15, 0.2) is 35.5 Å². The molecule has 0 spiro atoms. The van der Waals surface area contributed by atoms with E-state index in [2.05, 4.69) is 9.98 Å². The third-order valence-corrected chi connectivity index (χ3v) is 5.03. The standard InChI is InChI=1S/C19H17F5N4O/c20-8-18(24)3-4-19(9-21,28-17(18)26)13-5-10(1-2-14(13)23)12-6-11(22)7-27-15(12)16(25)29/h1-2,5-7H,3-4,8-9H2,(H2,25,29)(H2,26,28)/t18-,19+/m0/s1. The largest absolute Gasteiger partial charge is 0.385 e. The third-order valence-electron chi connectivity index (χ3n) is 5.03. The van der Waals surface area contributed by atoms with Crippen LogP contribution in [0, 0.1) is 11.6 Å². The minimum Gasteiger partial charge on any atom is -0.385 e. The van der Waals surface area contributed by atoms with Crippen LogP contribution in [0.5, 0.6) is 0 Å². The number of nitrogens with two attached hydrogens (primary N) is 2. The Bertz CT molecular complexity index is 999. The molecule has 1 aromatic carbocycles. The first-order valence-corrected chi connectivity index (χ1v) is 8.58. The number of carbonyl (C=O) groups excluding carboxylic acids is 1. The molecule has 4 N–H and O–H groups in total. The van der Waals surface area contributed by atoms with Crippen LogP contribution in [-0.4, -0.2) is 35.7 Å². The van der Waals surface area contributed by atoms with Gasteiger partial charge in [0.25, 0.3) is 5.91 Å². The average Bonchev–Trinajstić information content (AvgIpc) is 2.70. The number of benzene rings is 1. The van der Waals surface area contributed by atoms with Crippen molar-refractivity contribution in [3.05, 3.63) is 53.4 Å². The molecular formula is C19H17F5N4O. The van der Waals surface area contributed by atoms with Crippen molar-refractivity contribution in [1.82, 2.24) is 4.98 Å². The first-order chi connectivity index (χ1) is 13.7. The Kier molecular flexibility index (Phi) is 5.29. The van der Waals surface area contributed by atoms with Gasteiger partial charge in [0.15, 0.2) is 5.67 Å². The normalized spacial score (nSPS) is 24.2. The minimum atomic E-state index is -2.54. The Hall–Kier alpha value is -3.04. The Morgan fingerprint density at radius 3 is 2.45 bits per heavy atom. The Labute approximate surface area is 162 Å². The summed E-state index contributed by atoms with van der Waals surface area (Å²) in [6.45, 7) is -2.68. The van der Waals surface area contributed by atoms with E-state index in [1.165, 1.54) is 6.07 Å². The number of hydrogen-bond donors (Lipinski definition) is 2. The monoisotopic (exact) mass is 412 g/mol. The van der Waals surface area contributed by atoms with Gasteiger partial charge in [-0.2, -0.15) is 0 Å². The summed E-state index contributed by atoms with van der Waals surface area (Å²) in [6.07, 6.45) is -0.0590. The Morgan fingerprint density at radius 2 is 1.86 bits per heavy atom. The fourth-order valence-electron chi connectivity index (χ4n) is 3.32. The van der Waals surface area contributed by atoms with Gasteiger partial charge in [-0.1, -0.05) is 6.07 Å². The number of halogens is 5. The number of amides is 1. The van der Waals surface area contributed by atoms with E-state index in [0.717, 1.165) is 24.4 Å². The topological polar surface area (TPSA) is 94.4 Å². The number of aromatic nitrogens is 1. The van der Waals surface area contributed by atoms with Gasteiger partial charge >= 0.3 is 0 Å². The first-order valence-electron chi connectivity index (χ1n) is 8.58. The van der Waals surface area contributed by atoms with Crippen LogP contribution in [-0.2, 0) is 5.54 Å². The highest BCUT2D eigenvalue weighted by Crippen LogP contribution is 2.42. The van der Waals surface area contributed by atoms with E-state index in [1.54, 1.807) is 0 Å². The number of pyridine rings is 1. The molecular weight excluding hydrogens is 395 g/mol. The number of primary amides is 1. The molecule has 0 saturated carbocycles. The van der Waals surface area contributed by atoms with Crippen molar-refractivity contribution < 1.29 is 26.7 Å². The van der Waals surface area contributed by atoms with Crippen molar-refractivity contribution in [3.8, 4) is 11.1 Å². The number of aliphatic imine (C=N–C) groups is 1. The van der Waals surface area contributed by atoms with E-state index in [0.29, 0.717) is 0 Å². The predicted octanol–water partition coefficient (Wildman–Crippen LogP) is 3.12. The molecule has 0 saturated heterocycles. The fourth-order valence-corrected chi connectivity index (χ4v) is 3.32. The zero-order valence-electron chi connectivity index (χ0n) is 15.1. The maximum Gasteiger partial charge on any atom is 0.267 e. The molecule has 1 aliphatic heterocycles. The van der Waals surface area contributed by atoms with Crippen LogP contribution in [0.3, 0.4) is 0 Å². The Morgan fingerprint density at radius 1 is 1.14 bits per heavy atom. The summed E-state index contributed by atoms with van der Waals surface area (Å²) in [5.74, 6) is -3.36. The second kappa shape index (κ2) is 7.41. The second-order valence-electron chi connectivity index (χ2n) is 6.87. The average molecular weight is 412 g/mol. The molecule has 2 heterocycles. The molecule has 0 unspecified atom stereocenters. The lowest BCUT2D eigenvalue weighted by Gasteiger charge is -2.37. The Balaban J connectivity index is 2.19. The third kappa shape index (κ3) is 3.54. The van der Waals surface area contributed by atoms with Gasteiger partial charge in [-0.3, -0.25) is 9.79 Å². The molecule has 3 rings (SSSR count). The number of rotatable bonds is 5. The summed E-state index contributed by atoms with van der Waals surface area (Å²) in [5, 5.41) is 0. The SMILES string of the molecule is NC(=O)c1ncc(F)cc1-c1ccc(F)c([C@]2(CF)CC[C@](F)(CF)C(N)=N2)c1. The van der Waals surface area contributed by atoms with E-state index < -0.39 is 54.4 Å². The number of amidine groups is 1. The highest BCUT2D eigenvalue weighted by atomic mass is 19.2. The summed E-state index contributed by atoms with van der Waals surface area (Å²) in [7, 11) is 0. The van der Waals surface area contributed by atoms with Gasteiger partial charge in [0, 0.05) is 11.1 Å². The van der Waals surface area contributed by atoms with Crippen LogP contribution in [0.2, 0.25) is 0 Å². The van der Waals surface area contributed by atoms with Crippen LogP contribution in [0.25, 0.3) is 11.1 Å². The molecule has 0 fully saturated rings. The van der Waals surface area contributed by atoms with E-state index in [9.17, 15) is 26.7 Å². The van der Waals surface area contributed by atoms with E-state index >= 15 is 0 Å². The smallest absolute Gasteiger partial charge is 0.267 e. The maximum atomic E-state index is 14.6.